The Labute approximate surface area is 383 Å². The smallest absolute Gasteiger partial charge is 0.306 e. The number of esters is 3. The van der Waals surface area contributed by atoms with Crippen molar-refractivity contribution in [2.24, 2.45) is 0 Å². The minimum absolute atomic E-state index is 0.103. The molecule has 0 heterocycles. The van der Waals surface area contributed by atoms with Crippen molar-refractivity contribution < 1.29 is 28.6 Å². The van der Waals surface area contributed by atoms with Crippen molar-refractivity contribution >= 4 is 17.9 Å². The second-order valence-corrected chi connectivity index (χ2v) is 17.4. The number of rotatable bonds is 47. The van der Waals surface area contributed by atoms with Gasteiger partial charge in [0.1, 0.15) is 13.2 Å². The highest BCUT2D eigenvalue weighted by Gasteiger charge is 2.19. The first-order valence-electron chi connectivity index (χ1n) is 26.3. The van der Waals surface area contributed by atoms with Crippen LogP contribution in [0.4, 0.5) is 0 Å². The highest BCUT2D eigenvalue weighted by atomic mass is 16.6. The Hall–Kier alpha value is -2.89. The molecule has 0 amide bonds. The lowest BCUT2D eigenvalue weighted by Crippen LogP contribution is -2.30. The molecule has 1 atom stereocenters. The molecule has 0 aromatic carbocycles. The van der Waals surface area contributed by atoms with E-state index in [-0.39, 0.29) is 37.5 Å². The van der Waals surface area contributed by atoms with Crippen LogP contribution in [0.3, 0.4) is 0 Å². The topological polar surface area (TPSA) is 78.9 Å². The first-order valence-corrected chi connectivity index (χ1v) is 26.3. The fourth-order valence-corrected chi connectivity index (χ4v) is 7.32. The monoisotopic (exact) mass is 867 g/mol. The molecule has 0 aliphatic rings. The molecule has 358 valence electrons. The van der Waals surface area contributed by atoms with Gasteiger partial charge in [-0.05, 0) is 77.0 Å². The molecule has 0 fully saturated rings. The summed E-state index contributed by atoms with van der Waals surface area (Å²) >= 11 is 0. The van der Waals surface area contributed by atoms with Gasteiger partial charge in [-0.15, -0.1) is 0 Å². The van der Waals surface area contributed by atoms with Crippen molar-refractivity contribution in [1.29, 1.82) is 0 Å². The van der Waals surface area contributed by atoms with E-state index in [1.54, 1.807) is 0 Å². The first-order chi connectivity index (χ1) is 30.5. The van der Waals surface area contributed by atoms with Gasteiger partial charge >= 0.3 is 17.9 Å². The van der Waals surface area contributed by atoms with Crippen molar-refractivity contribution in [1.82, 2.24) is 0 Å². The van der Waals surface area contributed by atoms with E-state index in [4.69, 9.17) is 14.2 Å². The van der Waals surface area contributed by atoms with Crippen molar-refractivity contribution in [3.8, 4) is 0 Å². The van der Waals surface area contributed by atoms with Crippen LogP contribution in [0.25, 0.3) is 0 Å². The number of carbonyl (C=O) groups excluding carboxylic acids is 3. The van der Waals surface area contributed by atoms with E-state index in [2.05, 4.69) is 81.5 Å². The molecule has 0 aliphatic carbocycles. The van der Waals surface area contributed by atoms with Gasteiger partial charge < -0.3 is 14.2 Å². The fourth-order valence-electron chi connectivity index (χ4n) is 7.32. The summed E-state index contributed by atoms with van der Waals surface area (Å²) < 4.78 is 16.7. The molecular weight excluding hydrogens is 769 g/mol. The van der Waals surface area contributed by atoms with Crippen molar-refractivity contribution in [2.75, 3.05) is 13.2 Å². The van der Waals surface area contributed by atoms with Crippen molar-refractivity contribution in [3.05, 3.63) is 60.8 Å². The van der Waals surface area contributed by atoms with E-state index in [1.807, 2.05) is 0 Å². The third-order valence-corrected chi connectivity index (χ3v) is 11.3. The molecular formula is C56H98O6. The van der Waals surface area contributed by atoms with Gasteiger partial charge in [0.15, 0.2) is 6.10 Å². The second-order valence-electron chi connectivity index (χ2n) is 17.4. The second kappa shape index (κ2) is 50.8. The zero-order chi connectivity index (χ0) is 45.1. The molecule has 6 nitrogen and oxygen atoms in total. The number of unbranched alkanes of at least 4 members (excludes halogenated alkanes) is 26. The summed E-state index contributed by atoms with van der Waals surface area (Å²) in [4.78, 5) is 37.9. The Morgan fingerprint density at radius 2 is 0.645 bits per heavy atom. The van der Waals surface area contributed by atoms with Gasteiger partial charge in [0.05, 0.1) is 0 Å². The summed E-state index contributed by atoms with van der Waals surface area (Å²) in [6.07, 6.45) is 62.3. The molecule has 0 aromatic rings. The summed E-state index contributed by atoms with van der Waals surface area (Å²) in [6.45, 7) is 6.45. The highest BCUT2D eigenvalue weighted by molar-refractivity contribution is 5.71. The van der Waals surface area contributed by atoms with Crippen molar-refractivity contribution in [2.45, 2.75) is 264 Å². The summed E-state index contributed by atoms with van der Waals surface area (Å²) in [6, 6.07) is 0. The third kappa shape index (κ3) is 48.1. The van der Waals surface area contributed by atoms with Gasteiger partial charge in [-0.2, -0.15) is 0 Å². The van der Waals surface area contributed by atoms with E-state index in [9.17, 15) is 14.4 Å². The number of ether oxygens (including phenoxy) is 3. The molecule has 0 radical (unpaired) electrons. The summed E-state index contributed by atoms with van der Waals surface area (Å²) in [7, 11) is 0. The first kappa shape index (κ1) is 59.1. The maximum Gasteiger partial charge on any atom is 0.306 e. The SMILES string of the molecule is CC/C=C\C/C=C\CCCCC(=O)OCC(COC(=O)CCCCCCCCCCCCCCCCCCCC)OC(=O)CCC/C=C\C/C=C\C/C=C\CCCCCCCC. The third-order valence-electron chi connectivity index (χ3n) is 11.3. The van der Waals surface area contributed by atoms with E-state index >= 15 is 0 Å². The van der Waals surface area contributed by atoms with E-state index < -0.39 is 6.10 Å². The molecule has 6 heteroatoms. The molecule has 0 saturated carbocycles. The van der Waals surface area contributed by atoms with Crippen LogP contribution in [0, 0.1) is 0 Å². The lowest BCUT2D eigenvalue weighted by atomic mass is 10.0. The Morgan fingerprint density at radius 1 is 0.339 bits per heavy atom. The lowest BCUT2D eigenvalue weighted by Gasteiger charge is -2.18. The van der Waals surface area contributed by atoms with Crippen LogP contribution in [0.2, 0.25) is 0 Å². The number of hydrogen-bond acceptors (Lipinski definition) is 6. The molecule has 0 aliphatic heterocycles. The van der Waals surface area contributed by atoms with Crippen LogP contribution in [-0.4, -0.2) is 37.2 Å². The molecule has 0 rings (SSSR count). The standard InChI is InChI=1S/C56H98O6/c1-4-7-10-13-16-19-21-23-25-27-29-30-32-34-37-40-43-46-49-55(58)61-52-53(51-60-54(57)48-45-42-39-36-18-15-12-9-6-3)62-56(59)50-47-44-41-38-35-33-31-28-26-24-22-20-17-14-11-8-5-2/h9,12,18,24,26,31,33,36,38,41,53H,4-8,10-11,13-17,19-23,25,27-30,32,34-35,37,39-40,42-52H2,1-3H3/b12-9-,26-24-,33-31-,36-18-,41-38-. The van der Waals surface area contributed by atoms with Crippen molar-refractivity contribution in [3.63, 3.8) is 0 Å². The van der Waals surface area contributed by atoms with E-state index in [0.717, 1.165) is 70.6 Å². The van der Waals surface area contributed by atoms with Crippen LogP contribution >= 0.6 is 0 Å². The van der Waals surface area contributed by atoms with E-state index in [0.29, 0.717) is 19.3 Å². The maximum atomic E-state index is 12.8. The molecule has 0 N–H and O–H groups in total. The van der Waals surface area contributed by atoms with E-state index in [1.165, 1.54) is 141 Å². The number of carbonyl (C=O) groups is 3. The normalized spacial score (nSPS) is 12.5. The van der Waals surface area contributed by atoms with Gasteiger partial charge in [0.25, 0.3) is 0 Å². The fraction of sp³-hybridized carbons (Fsp3) is 0.768. The predicted molar refractivity (Wildman–Crippen MR) is 265 cm³/mol. The number of allylic oxidation sites excluding steroid dienone is 10. The van der Waals surface area contributed by atoms with Crippen LogP contribution in [-0.2, 0) is 28.6 Å². The Balaban J connectivity index is 4.37. The average molecular weight is 867 g/mol. The van der Waals surface area contributed by atoms with Gasteiger partial charge in [-0.25, -0.2) is 0 Å². The molecule has 0 spiro atoms. The van der Waals surface area contributed by atoms with Gasteiger partial charge in [0, 0.05) is 19.3 Å². The Kier molecular flexibility index (Phi) is 48.4. The summed E-state index contributed by atoms with van der Waals surface area (Å²) in [5, 5.41) is 0. The molecule has 0 bridgehead atoms. The minimum Gasteiger partial charge on any atom is -0.462 e. The van der Waals surface area contributed by atoms with Crippen LogP contribution in [0.5, 0.6) is 0 Å². The summed E-state index contributed by atoms with van der Waals surface area (Å²) in [5.74, 6) is -0.989. The predicted octanol–water partition coefficient (Wildman–Crippen LogP) is 17.3. The largest absolute Gasteiger partial charge is 0.462 e. The summed E-state index contributed by atoms with van der Waals surface area (Å²) in [5.41, 5.74) is 0. The Morgan fingerprint density at radius 3 is 1.06 bits per heavy atom. The minimum atomic E-state index is -0.810. The molecule has 0 aromatic heterocycles. The van der Waals surface area contributed by atoms with Crippen LogP contribution in [0.15, 0.2) is 60.8 Å². The zero-order valence-electron chi connectivity index (χ0n) is 40.9. The quantitative estimate of drug-likeness (QED) is 0.0262. The molecule has 0 saturated heterocycles. The lowest BCUT2D eigenvalue weighted by molar-refractivity contribution is -0.167. The van der Waals surface area contributed by atoms with Crippen LogP contribution < -0.4 is 0 Å². The van der Waals surface area contributed by atoms with Crippen LogP contribution in [0.1, 0.15) is 258 Å². The zero-order valence-corrected chi connectivity index (χ0v) is 40.9. The average Bonchev–Trinajstić information content (AvgIpc) is 3.27. The Bertz CT molecular complexity index is 1130. The highest BCUT2D eigenvalue weighted by Crippen LogP contribution is 2.15. The number of hydrogen-bond donors (Lipinski definition) is 0. The van der Waals surface area contributed by atoms with Gasteiger partial charge in [-0.1, -0.05) is 223 Å². The van der Waals surface area contributed by atoms with Gasteiger partial charge in [0.2, 0.25) is 0 Å². The molecule has 1 unspecified atom stereocenters. The van der Waals surface area contributed by atoms with Gasteiger partial charge in [-0.3, -0.25) is 14.4 Å². The molecule has 62 heavy (non-hydrogen) atoms. The maximum absolute atomic E-state index is 12.8.